The number of amides is 1. The van der Waals surface area contributed by atoms with Crippen molar-refractivity contribution < 1.29 is 4.79 Å². The Morgan fingerprint density at radius 2 is 2.06 bits per heavy atom. The second-order valence-electron chi connectivity index (χ2n) is 9.35. The van der Waals surface area contributed by atoms with E-state index in [1.807, 2.05) is 0 Å². The first-order valence-corrected chi connectivity index (χ1v) is 12.1. The van der Waals surface area contributed by atoms with Crippen molar-refractivity contribution >= 4 is 29.0 Å². The molecule has 0 unspecified atom stereocenters. The van der Waals surface area contributed by atoms with Gasteiger partial charge < -0.3 is 10.3 Å². The lowest BCUT2D eigenvalue weighted by atomic mass is 9.78. The van der Waals surface area contributed by atoms with E-state index in [9.17, 15) is 9.59 Å². The summed E-state index contributed by atoms with van der Waals surface area (Å²) in [5.41, 5.74) is 2.52. The molecule has 1 aromatic carbocycles. The zero-order valence-electron chi connectivity index (χ0n) is 18.6. The number of hydrogen-bond acceptors (Lipinski definition) is 3. The van der Waals surface area contributed by atoms with Crippen LogP contribution in [0.1, 0.15) is 75.6 Å². The van der Waals surface area contributed by atoms with Crippen LogP contribution in [0.3, 0.4) is 0 Å². The van der Waals surface area contributed by atoms with Gasteiger partial charge in [-0.05, 0) is 80.8 Å². The van der Waals surface area contributed by atoms with Gasteiger partial charge in [-0.2, -0.15) is 0 Å². The normalized spacial score (nSPS) is 24.1. The lowest BCUT2D eigenvalue weighted by Crippen LogP contribution is -2.43. The van der Waals surface area contributed by atoms with E-state index in [0.717, 1.165) is 32.1 Å². The molecule has 1 fully saturated rings. The highest BCUT2D eigenvalue weighted by atomic mass is 32.1. The van der Waals surface area contributed by atoms with Crippen LogP contribution in [-0.4, -0.2) is 21.5 Å². The molecule has 0 radical (unpaired) electrons. The predicted octanol–water partition coefficient (Wildman–Crippen LogP) is 5.50. The van der Waals surface area contributed by atoms with Gasteiger partial charge in [0.2, 0.25) is 0 Å². The smallest absolute Gasteiger partial charge is 0.262 e. The van der Waals surface area contributed by atoms with E-state index in [1.54, 1.807) is 22.8 Å². The van der Waals surface area contributed by atoms with E-state index in [0.29, 0.717) is 39.6 Å². The minimum Gasteiger partial charge on any atom is -0.349 e. The second kappa shape index (κ2) is 9.51. The summed E-state index contributed by atoms with van der Waals surface area (Å²) in [4.78, 5) is 29.1. The summed E-state index contributed by atoms with van der Waals surface area (Å²) in [6, 6.07) is 5.46. The van der Waals surface area contributed by atoms with Crippen LogP contribution in [-0.2, 0) is 6.54 Å². The average molecular weight is 440 g/mol. The highest BCUT2D eigenvalue weighted by molar-refractivity contribution is 7.71. The molecule has 1 amide bonds. The molecule has 4 rings (SSSR count). The van der Waals surface area contributed by atoms with Crippen LogP contribution in [0.2, 0.25) is 0 Å². The summed E-state index contributed by atoms with van der Waals surface area (Å²) in [6.45, 7) is 5.07. The van der Waals surface area contributed by atoms with E-state index >= 15 is 0 Å². The molecule has 1 aromatic heterocycles. The molecule has 2 N–H and O–H groups in total. The summed E-state index contributed by atoms with van der Waals surface area (Å²) >= 11 is 5.49. The Labute approximate surface area is 188 Å². The van der Waals surface area contributed by atoms with Crippen LogP contribution in [0, 0.1) is 16.6 Å². The van der Waals surface area contributed by atoms with Gasteiger partial charge in [0.1, 0.15) is 0 Å². The molecular formula is C25H33N3O2S. The predicted molar refractivity (Wildman–Crippen MR) is 128 cm³/mol. The van der Waals surface area contributed by atoms with Crippen molar-refractivity contribution in [2.24, 2.45) is 11.8 Å². The van der Waals surface area contributed by atoms with Gasteiger partial charge in [0.05, 0.1) is 10.9 Å². The molecule has 1 saturated carbocycles. The number of aromatic amines is 1. The fraction of sp³-hybridized carbons (Fsp3) is 0.560. The topological polar surface area (TPSA) is 66.9 Å². The highest BCUT2D eigenvalue weighted by Gasteiger charge is 2.28. The van der Waals surface area contributed by atoms with Crippen LogP contribution in [0.5, 0.6) is 0 Å². The Morgan fingerprint density at radius 1 is 1.23 bits per heavy atom. The third-order valence-electron chi connectivity index (χ3n) is 7.31. The molecule has 6 heteroatoms. The zero-order valence-corrected chi connectivity index (χ0v) is 19.4. The average Bonchev–Trinajstić information content (AvgIpc) is 2.77. The van der Waals surface area contributed by atoms with E-state index in [1.165, 1.54) is 24.8 Å². The van der Waals surface area contributed by atoms with E-state index in [4.69, 9.17) is 12.2 Å². The number of allylic oxidation sites excluding steroid dienone is 2. The number of benzene rings is 1. The molecule has 166 valence electrons. The van der Waals surface area contributed by atoms with Crippen molar-refractivity contribution in [2.75, 3.05) is 0 Å². The van der Waals surface area contributed by atoms with Crippen LogP contribution < -0.4 is 10.9 Å². The lowest BCUT2D eigenvalue weighted by molar-refractivity contribution is 0.0891. The van der Waals surface area contributed by atoms with Gasteiger partial charge in [-0.15, -0.1) is 0 Å². The molecule has 0 aliphatic heterocycles. The number of rotatable bonds is 5. The number of hydrogen-bond donors (Lipinski definition) is 2. The quantitative estimate of drug-likeness (QED) is 0.477. The molecule has 1 heterocycles. The number of nitrogens with zero attached hydrogens (tertiary/aromatic N) is 1. The second-order valence-corrected chi connectivity index (χ2v) is 9.74. The Hall–Kier alpha value is -2.21. The fourth-order valence-electron chi connectivity index (χ4n) is 5.02. The first-order valence-electron chi connectivity index (χ1n) is 11.7. The maximum atomic E-state index is 13.1. The number of carbonyl (C=O) groups is 1. The number of fused-ring (bicyclic) bond motifs is 1. The van der Waals surface area contributed by atoms with Crippen molar-refractivity contribution in [3.05, 3.63) is 50.5 Å². The standard InChI is InChI=1S/C25H33N3O2S/c1-16-7-6-10-21(17(16)2)26-23(29)19-11-12-20-22(15-19)27-25(31)28(24(20)30)14-13-18-8-4-3-5-9-18/h8,11-12,15-17,21H,3-7,9-10,13-14H2,1-2H3,(H,26,29)(H,27,31)/t16-,17+,21-/m1/s1. The van der Waals surface area contributed by atoms with Gasteiger partial charge in [-0.1, -0.05) is 38.3 Å². The zero-order chi connectivity index (χ0) is 22.0. The molecule has 0 bridgehead atoms. The summed E-state index contributed by atoms with van der Waals surface area (Å²) in [5.74, 6) is 1.01. The van der Waals surface area contributed by atoms with Gasteiger partial charge in [-0.25, -0.2) is 0 Å². The summed E-state index contributed by atoms with van der Waals surface area (Å²) in [5, 5.41) is 3.78. The summed E-state index contributed by atoms with van der Waals surface area (Å²) in [6.07, 6.45) is 11.3. The van der Waals surface area contributed by atoms with Gasteiger partial charge >= 0.3 is 0 Å². The Kier molecular flexibility index (Phi) is 6.75. The Bertz CT molecular complexity index is 1110. The van der Waals surface area contributed by atoms with Crippen LogP contribution in [0.15, 0.2) is 34.6 Å². The molecule has 2 aromatic rings. The van der Waals surface area contributed by atoms with E-state index in [2.05, 4.69) is 30.2 Å². The first kappa shape index (κ1) is 22.0. The van der Waals surface area contributed by atoms with Crippen molar-refractivity contribution in [2.45, 2.75) is 77.8 Å². The Balaban J connectivity index is 1.54. The molecular weight excluding hydrogens is 406 g/mol. The van der Waals surface area contributed by atoms with Crippen molar-refractivity contribution in [3.8, 4) is 0 Å². The van der Waals surface area contributed by atoms with Crippen molar-refractivity contribution in [3.63, 3.8) is 0 Å². The van der Waals surface area contributed by atoms with Gasteiger partial charge in [0.15, 0.2) is 4.77 Å². The lowest BCUT2D eigenvalue weighted by Gasteiger charge is -2.34. The molecule has 0 spiro atoms. The number of H-pyrrole nitrogens is 1. The minimum atomic E-state index is -0.0863. The SMILES string of the molecule is C[C@H]1[C@H](C)CCC[C@H]1NC(=O)c1ccc2c(=O)n(CCC3=CCCCC3)c(=S)[nH]c2c1. The van der Waals surface area contributed by atoms with Crippen LogP contribution in [0.25, 0.3) is 10.9 Å². The maximum absolute atomic E-state index is 13.1. The number of carbonyl (C=O) groups excluding carboxylic acids is 1. The van der Waals surface area contributed by atoms with Crippen molar-refractivity contribution in [1.29, 1.82) is 0 Å². The number of nitrogens with one attached hydrogen (secondary N) is 2. The van der Waals surface area contributed by atoms with Gasteiger partial charge in [0, 0.05) is 18.2 Å². The molecule has 2 aliphatic rings. The van der Waals surface area contributed by atoms with Gasteiger partial charge in [-0.3, -0.25) is 14.2 Å². The van der Waals surface area contributed by atoms with Crippen molar-refractivity contribution in [1.82, 2.24) is 14.9 Å². The maximum Gasteiger partial charge on any atom is 0.262 e. The summed E-state index contributed by atoms with van der Waals surface area (Å²) in [7, 11) is 0. The Morgan fingerprint density at radius 3 is 2.84 bits per heavy atom. The van der Waals surface area contributed by atoms with Crippen LogP contribution >= 0.6 is 12.2 Å². The summed E-state index contributed by atoms with van der Waals surface area (Å²) < 4.78 is 2.07. The largest absolute Gasteiger partial charge is 0.349 e. The molecule has 3 atom stereocenters. The molecule has 2 aliphatic carbocycles. The fourth-order valence-corrected chi connectivity index (χ4v) is 5.31. The van der Waals surface area contributed by atoms with E-state index in [-0.39, 0.29) is 17.5 Å². The first-order chi connectivity index (χ1) is 14.9. The van der Waals surface area contributed by atoms with Crippen LogP contribution in [0.4, 0.5) is 0 Å². The van der Waals surface area contributed by atoms with E-state index < -0.39 is 0 Å². The molecule has 31 heavy (non-hydrogen) atoms. The minimum absolute atomic E-state index is 0.0828. The third kappa shape index (κ3) is 4.84. The number of aromatic nitrogens is 2. The highest BCUT2D eigenvalue weighted by Crippen LogP contribution is 2.29. The monoisotopic (exact) mass is 439 g/mol. The molecule has 0 saturated heterocycles. The van der Waals surface area contributed by atoms with Gasteiger partial charge in [0.25, 0.3) is 11.5 Å². The molecule has 5 nitrogen and oxygen atoms in total. The third-order valence-corrected chi connectivity index (χ3v) is 7.63.